The fourth-order valence-electron chi connectivity index (χ4n) is 3.59. The van der Waals surface area contributed by atoms with Crippen LogP contribution in [0.4, 0.5) is 0 Å². The zero-order chi connectivity index (χ0) is 13.3. The molecule has 5 nitrogen and oxygen atoms in total. The van der Waals surface area contributed by atoms with E-state index in [1.165, 1.54) is 25.7 Å². The molecule has 0 aromatic heterocycles. The smallest absolute Gasteiger partial charge is 0.243 e. The van der Waals surface area contributed by atoms with Crippen LogP contribution in [0.5, 0.6) is 0 Å². The molecule has 106 valence electrons. The first kappa shape index (κ1) is 13.1. The topological polar surface area (TPSA) is 67.4 Å². The lowest BCUT2D eigenvalue weighted by Gasteiger charge is -2.26. The van der Waals surface area contributed by atoms with Gasteiger partial charge >= 0.3 is 0 Å². The van der Waals surface area contributed by atoms with E-state index in [0.717, 1.165) is 12.8 Å². The van der Waals surface area contributed by atoms with Crippen molar-refractivity contribution >= 4 is 11.8 Å². The van der Waals surface area contributed by atoms with Crippen LogP contribution < -0.4 is 10.6 Å². The van der Waals surface area contributed by atoms with Gasteiger partial charge in [-0.05, 0) is 32.1 Å². The van der Waals surface area contributed by atoms with Gasteiger partial charge in [-0.3, -0.25) is 14.9 Å². The number of carbonyl (C=O) groups is 2. The lowest BCUT2D eigenvalue weighted by molar-refractivity contribution is -0.134. The van der Waals surface area contributed by atoms with E-state index in [1.807, 2.05) is 0 Å². The Labute approximate surface area is 113 Å². The molecule has 0 aromatic rings. The number of piperidine rings is 1. The second-order valence-electron chi connectivity index (χ2n) is 6.08. The molecule has 5 heteroatoms. The van der Waals surface area contributed by atoms with Crippen LogP contribution in [0.15, 0.2) is 0 Å². The van der Waals surface area contributed by atoms with E-state index in [4.69, 9.17) is 4.74 Å². The minimum Gasteiger partial charge on any atom is -0.370 e. The van der Waals surface area contributed by atoms with Crippen molar-refractivity contribution < 1.29 is 14.3 Å². The zero-order valence-electron chi connectivity index (χ0n) is 11.2. The summed E-state index contributed by atoms with van der Waals surface area (Å²) in [5.74, 6) is -0.352. The highest BCUT2D eigenvalue weighted by molar-refractivity contribution is 6.00. The highest BCUT2D eigenvalue weighted by atomic mass is 16.5. The number of hydrogen-bond acceptors (Lipinski definition) is 4. The maximum absolute atomic E-state index is 11.6. The lowest BCUT2D eigenvalue weighted by atomic mass is 9.98. The molecule has 2 heterocycles. The predicted molar refractivity (Wildman–Crippen MR) is 69.5 cm³/mol. The molecule has 2 saturated heterocycles. The number of nitrogens with one attached hydrogen (secondary N) is 2. The number of ether oxygens (including phenoxy) is 1. The first-order chi connectivity index (χ1) is 9.17. The van der Waals surface area contributed by atoms with Gasteiger partial charge in [0.1, 0.15) is 0 Å². The van der Waals surface area contributed by atoms with E-state index in [-0.39, 0.29) is 29.6 Å². The van der Waals surface area contributed by atoms with Gasteiger partial charge in [-0.2, -0.15) is 0 Å². The van der Waals surface area contributed by atoms with Crippen molar-refractivity contribution in [1.82, 2.24) is 10.6 Å². The third-order valence-electron chi connectivity index (χ3n) is 4.68. The van der Waals surface area contributed by atoms with Gasteiger partial charge in [-0.25, -0.2) is 0 Å². The van der Waals surface area contributed by atoms with Crippen LogP contribution in [0.2, 0.25) is 0 Å². The Morgan fingerprint density at radius 1 is 1.21 bits per heavy atom. The molecule has 19 heavy (non-hydrogen) atoms. The number of hydrogen-bond donors (Lipinski definition) is 2. The van der Waals surface area contributed by atoms with E-state index in [0.29, 0.717) is 19.4 Å². The summed E-state index contributed by atoms with van der Waals surface area (Å²) in [5, 5.41) is 5.62. The van der Waals surface area contributed by atoms with Crippen molar-refractivity contribution in [2.45, 2.75) is 69.1 Å². The largest absolute Gasteiger partial charge is 0.370 e. The second-order valence-corrected chi connectivity index (χ2v) is 6.08. The van der Waals surface area contributed by atoms with Crippen LogP contribution in [-0.2, 0) is 14.3 Å². The van der Waals surface area contributed by atoms with E-state index in [2.05, 4.69) is 10.6 Å². The molecule has 2 unspecified atom stereocenters. The van der Waals surface area contributed by atoms with Crippen molar-refractivity contribution in [3.05, 3.63) is 0 Å². The quantitative estimate of drug-likeness (QED) is 0.744. The van der Waals surface area contributed by atoms with Crippen LogP contribution in [0.1, 0.15) is 51.4 Å². The summed E-state index contributed by atoms with van der Waals surface area (Å²) >= 11 is 0. The summed E-state index contributed by atoms with van der Waals surface area (Å²) in [4.78, 5) is 22.7. The van der Waals surface area contributed by atoms with Crippen LogP contribution in [-0.4, -0.2) is 36.1 Å². The highest BCUT2D eigenvalue weighted by Gasteiger charge is 2.42. The molecule has 2 aliphatic heterocycles. The summed E-state index contributed by atoms with van der Waals surface area (Å²) in [6.45, 7) is 0.716. The van der Waals surface area contributed by atoms with Gasteiger partial charge in [-0.15, -0.1) is 0 Å². The molecule has 0 bridgehead atoms. The molecule has 3 rings (SSSR count). The molecule has 3 fully saturated rings. The average molecular weight is 266 g/mol. The molecule has 1 saturated carbocycles. The number of carbonyl (C=O) groups excluding carboxylic acids is 2. The molecular weight excluding hydrogens is 244 g/mol. The van der Waals surface area contributed by atoms with E-state index >= 15 is 0 Å². The lowest BCUT2D eigenvalue weighted by Crippen LogP contribution is -2.52. The Morgan fingerprint density at radius 3 is 2.74 bits per heavy atom. The van der Waals surface area contributed by atoms with E-state index < -0.39 is 0 Å². The SMILES string of the molecule is O=C1CCC(NCC2CCC3(CCCC3)O2)C(=O)N1. The Morgan fingerprint density at radius 2 is 2.00 bits per heavy atom. The van der Waals surface area contributed by atoms with Crippen LogP contribution in [0.25, 0.3) is 0 Å². The van der Waals surface area contributed by atoms with E-state index in [9.17, 15) is 9.59 Å². The average Bonchev–Trinajstić information content (AvgIpc) is 2.99. The molecule has 2 amide bonds. The zero-order valence-corrected chi connectivity index (χ0v) is 11.2. The normalized spacial score (nSPS) is 33.9. The third kappa shape index (κ3) is 2.82. The summed E-state index contributed by atoms with van der Waals surface area (Å²) in [7, 11) is 0. The van der Waals surface area contributed by atoms with Crippen molar-refractivity contribution in [2.24, 2.45) is 0 Å². The number of rotatable bonds is 3. The predicted octanol–water partition coefficient (Wildman–Crippen LogP) is 0.873. The Kier molecular flexibility index (Phi) is 3.58. The Hall–Kier alpha value is -0.940. The first-order valence-corrected chi connectivity index (χ1v) is 7.42. The summed E-state index contributed by atoms with van der Waals surface area (Å²) in [6, 6.07) is -0.235. The van der Waals surface area contributed by atoms with E-state index in [1.54, 1.807) is 0 Å². The maximum atomic E-state index is 11.6. The third-order valence-corrected chi connectivity index (χ3v) is 4.68. The first-order valence-electron chi connectivity index (χ1n) is 7.42. The van der Waals surface area contributed by atoms with Gasteiger partial charge in [0.15, 0.2) is 0 Å². The molecule has 1 spiro atoms. The maximum Gasteiger partial charge on any atom is 0.243 e. The number of amides is 2. The summed E-state index contributed by atoms with van der Waals surface area (Å²) < 4.78 is 6.20. The van der Waals surface area contributed by atoms with Crippen molar-refractivity contribution in [3.63, 3.8) is 0 Å². The highest BCUT2D eigenvalue weighted by Crippen LogP contribution is 2.43. The van der Waals surface area contributed by atoms with Crippen molar-refractivity contribution in [3.8, 4) is 0 Å². The molecule has 0 aromatic carbocycles. The van der Waals surface area contributed by atoms with Gasteiger partial charge in [-0.1, -0.05) is 12.8 Å². The summed E-state index contributed by atoms with van der Waals surface area (Å²) in [6.07, 6.45) is 8.46. The van der Waals surface area contributed by atoms with Gasteiger partial charge in [0.25, 0.3) is 0 Å². The number of imide groups is 1. The molecule has 3 aliphatic rings. The van der Waals surface area contributed by atoms with Crippen LogP contribution in [0, 0.1) is 0 Å². The minimum absolute atomic E-state index is 0.150. The van der Waals surface area contributed by atoms with Crippen molar-refractivity contribution in [2.75, 3.05) is 6.54 Å². The molecule has 1 aliphatic carbocycles. The molecular formula is C14H22N2O3. The van der Waals surface area contributed by atoms with Gasteiger partial charge in [0.2, 0.25) is 11.8 Å². The van der Waals surface area contributed by atoms with Crippen molar-refractivity contribution in [1.29, 1.82) is 0 Å². The molecule has 0 radical (unpaired) electrons. The van der Waals surface area contributed by atoms with Crippen LogP contribution in [0.3, 0.4) is 0 Å². The van der Waals surface area contributed by atoms with Gasteiger partial charge < -0.3 is 10.1 Å². The molecule has 2 N–H and O–H groups in total. The fraction of sp³-hybridized carbons (Fsp3) is 0.857. The summed E-state index contributed by atoms with van der Waals surface area (Å²) in [5.41, 5.74) is 0.150. The second kappa shape index (κ2) is 5.21. The monoisotopic (exact) mass is 266 g/mol. The van der Waals surface area contributed by atoms with Gasteiger partial charge in [0.05, 0.1) is 17.7 Å². The standard InChI is InChI=1S/C14H22N2O3/c17-12-4-3-11(13(18)16-12)15-9-10-5-8-14(19-10)6-1-2-7-14/h10-11,15H,1-9H2,(H,16,17,18). The molecule has 2 atom stereocenters. The fourth-order valence-corrected chi connectivity index (χ4v) is 3.59. The van der Waals surface area contributed by atoms with Gasteiger partial charge in [0, 0.05) is 13.0 Å². The van der Waals surface area contributed by atoms with Crippen LogP contribution >= 0.6 is 0 Å². The minimum atomic E-state index is -0.235. The Bertz CT molecular complexity index is 377. The Balaban J connectivity index is 1.45.